The molecule has 0 aliphatic carbocycles. The van der Waals surface area contributed by atoms with Gasteiger partial charge in [-0.2, -0.15) is 0 Å². The maximum absolute atomic E-state index is 12.2. The van der Waals surface area contributed by atoms with Crippen molar-refractivity contribution in [1.29, 1.82) is 0 Å². The first-order chi connectivity index (χ1) is 11.2. The Hall–Kier alpha value is -2.21. The zero-order valence-corrected chi connectivity index (χ0v) is 15.2. The van der Waals surface area contributed by atoms with Crippen molar-refractivity contribution in [2.24, 2.45) is 10.7 Å². The molecule has 1 aliphatic heterocycles. The van der Waals surface area contributed by atoms with Crippen LogP contribution in [0.1, 0.15) is 37.5 Å². The van der Waals surface area contributed by atoms with Crippen molar-refractivity contribution in [1.82, 2.24) is 4.90 Å². The first-order valence-electron chi connectivity index (χ1n) is 7.78. The van der Waals surface area contributed by atoms with Gasteiger partial charge in [-0.25, -0.2) is 4.79 Å². The van der Waals surface area contributed by atoms with Crippen molar-refractivity contribution in [2.75, 3.05) is 6.54 Å². The fourth-order valence-corrected chi connectivity index (χ4v) is 2.40. The fourth-order valence-electron chi connectivity index (χ4n) is 2.35. The number of carbonyl (C=O) groups is 1. The summed E-state index contributed by atoms with van der Waals surface area (Å²) in [5, 5.41) is 0. The molecule has 0 bridgehead atoms. The first-order valence-corrected chi connectivity index (χ1v) is 8.19. The van der Waals surface area contributed by atoms with E-state index in [4.69, 9.17) is 22.7 Å². The number of nitrogens with two attached hydrogens (primary N) is 1. The molecular formula is C18H23N3O2S. The largest absolute Gasteiger partial charge is 0.444 e. The minimum atomic E-state index is -0.482. The van der Waals surface area contributed by atoms with Crippen LogP contribution < -0.4 is 5.73 Å². The summed E-state index contributed by atoms with van der Waals surface area (Å²) < 4.78 is 5.44. The van der Waals surface area contributed by atoms with E-state index >= 15 is 0 Å². The number of nitrogens with zero attached hydrogens (tertiary/aromatic N) is 2. The number of fused-ring (bicyclic) bond motifs is 1. The monoisotopic (exact) mass is 345 g/mol. The number of rotatable bonds is 3. The summed E-state index contributed by atoms with van der Waals surface area (Å²) in [7, 11) is 0. The molecule has 128 valence electrons. The number of amides is 1. The Morgan fingerprint density at radius 2 is 2.12 bits per heavy atom. The number of ether oxygens (including phenoxy) is 1. The third-order valence-corrected chi connectivity index (χ3v) is 3.78. The van der Waals surface area contributed by atoms with Gasteiger partial charge in [-0.1, -0.05) is 30.9 Å². The van der Waals surface area contributed by atoms with Crippen molar-refractivity contribution < 1.29 is 9.53 Å². The summed E-state index contributed by atoms with van der Waals surface area (Å²) in [5.74, 6) is 0. The first kappa shape index (κ1) is 18.1. The van der Waals surface area contributed by atoms with Crippen LogP contribution in [0.2, 0.25) is 0 Å². The second-order valence-corrected chi connectivity index (χ2v) is 7.19. The van der Waals surface area contributed by atoms with Crippen LogP contribution in [0.25, 0.3) is 0 Å². The lowest BCUT2D eigenvalue weighted by Crippen LogP contribution is -2.39. The Morgan fingerprint density at radius 1 is 1.42 bits per heavy atom. The Bertz CT molecular complexity index is 705. The van der Waals surface area contributed by atoms with Gasteiger partial charge in [0, 0.05) is 19.3 Å². The lowest BCUT2D eigenvalue weighted by atomic mass is 9.98. The summed E-state index contributed by atoms with van der Waals surface area (Å²) in [4.78, 5) is 18.3. The predicted octanol–water partition coefficient (Wildman–Crippen LogP) is 3.20. The number of thiocarbonyl (C=S) groups is 1. The van der Waals surface area contributed by atoms with Crippen LogP contribution in [-0.2, 0) is 17.7 Å². The second-order valence-electron chi connectivity index (χ2n) is 6.75. The molecule has 24 heavy (non-hydrogen) atoms. The van der Waals surface area contributed by atoms with E-state index < -0.39 is 5.60 Å². The van der Waals surface area contributed by atoms with E-state index in [1.54, 1.807) is 11.1 Å². The highest BCUT2D eigenvalue weighted by molar-refractivity contribution is 7.80. The van der Waals surface area contributed by atoms with Crippen LogP contribution >= 0.6 is 12.2 Å². The number of carbonyl (C=O) groups excluding carboxylic acids is 1. The van der Waals surface area contributed by atoms with Gasteiger partial charge in [0.2, 0.25) is 0 Å². The molecule has 0 aromatic heterocycles. The van der Waals surface area contributed by atoms with E-state index in [0.29, 0.717) is 18.8 Å². The van der Waals surface area contributed by atoms with Crippen molar-refractivity contribution in [3.8, 4) is 0 Å². The van der Waals surface area contributed by atoms with Crippen LogP contribution in [0, 0.1) is 0 Å². The predicted molar refractivity (Wildman–Crippen MR) is 100 cm³/mol. The molecule has 1 aromatic carbocycles. The highest BCUT2D eigenvalue weighted by atomic mass is 32.1. The van der Waals surface area contributed by atoms with Crippen LogP contribution in [0.3, 0.4) is 0 Å². The third kappa shape index (κ3) is 4.89. The molecule has 0 spiro atoms. The van der Waals surface area contributed by atoms with Gasteiger partial charge in [0.05, 0.1) is 5.70 Å². The lowest BCUT2D eigenvalue weighted by molar-refractivity contribution is 0.0224. The zero-order valence-electron chi connectivity index (χ0n) is 14.3. The van der Waals surface area contributed by atoms with Gasteiger partial charge >= 0.3 is 6.09 Å². The van der Waals surface area contributed by atoms with Crippen molar-refractivity contribution in [3.05, 3.63) is 47.2 Å². The smallest absolute Gasteiger partial charge is 0.410 e. The number of aliphatic imine (C=N–C) groups is 1. The molecule has 1 aromatic rings. The van der Waals surface area contributed by atoms with E-state index in [1.807, 2.05) is 32.9 Å². The molecule has 0 unspecified atom stereocenters. The lowest BCUT2D eigenvalue weighted by Gasteiger charge is -2.31. The quantitative estimate of drug-likeness (QED) is 0.519. The summed E-state index contributed by atoms with van der Waals surface area (Å²) in [6.07, 6.45) is 2.21. The minimum absolute atomic E-state index is 0.192. The van der Waals surface area contributed by atoms with E-state index in [1.165, 1.54) is 5.56 Å². The Balaban J connectivity index is 2.08. The molecule has 2 N–H and O–H groups in total. The van der Waals surface area contributed by atoms with Crippen LogP contribution in [-0.4, -0.2) is 34.3 Å². The number of benzene rings is 1. The van der Waals surface area contributed by atoms with Gasteiger partial charge in [-0.05, 0) is 49.9 Å². The summed E-state index contributed by atoms with van der Waals surface area (Å²) in [6, 6.07) is 6.03. The van der Waals surface area contributed by atoms with Crippen LogP contribution in [0.15, 0.2) is 35.5 Å². The summed E-state index contributed by atoms with van der Waals surface area (Å²) in [6.45, 7) is 10.5. The average Bonchev–Trinajstić information content (AvgIpc) is 2.50. The Kier molecular flexibility index (Phi) is 5.39. The molecule has 1 amide bonds. The highest BCUT2D eigenvalue weighted by Crippen LogP contribution is 2.22. The molecule has 6 heteroatoms. The molecule has 0 radical (unpaired) electrons. The van der Waals surface area contributed by atoms with Gasteiger partial charge in [-0.15, -0.1) is 0 Å². The maximum atomic E-state index is 12.2. The van der Waals surface area contributed by atoms with E-state index in [-0.39, 0.29) is 11.1 Å². The summed E-state index contributed by atoms with van der Waals surface area (Å²) >= 11 is 4.82. The van der Waals surface area contributed by atoms with Crippen molar-refractivity contribution in [3.63, 3.8) is 0 Å². The minimum Gasteiger partial charge on any atom is -0.444 e. The normalized spacial score (nSPS) is 14.4. The standard InChI is InChI=1S/C18H23N3O2S/c1-12(16(19)24)20-10-13-5-6-15-11-21(8-7-14(15)9-13)17(22)23-18(2,3)4/h5-6,9-10H,1,7-8,11H2,2-4H3,(H2,19,24)/b20-10+. The molecule has 1 aliphatic rings. The van der Waals surface area contributed by atoms with E-state index in [2.05, 4.69) is 17.6 Å². The Morgan fingerprint density at radius 3 is 2.75 bits per heavy atom. The van der Waals surface area contributed by atoms with Crippen LogP contribution in [0.5, 0.6) is 0 Å². The SMILES string of the molecule is C=C(/N=C/c1ccc2c(c1)CCN(C(=O)OC(C)(C)C)C2)C(N)=S. The van der Waals surface area contributed by atoms with Gasteiger partial charge in [0.15, 0.2) is 0 Å². The molecule has 1 heterocycles. The summed E-state index contributed by atoms with van der Waals surface area (Å²) in [5.41, 5.74) is 8.66. The van der Waals surface area contributed by atoms with Crippen LogP contribution in [0.4, 0.5) is 4.79 Å². The second kappa shape index (κ2) is 7.13. The number of hydrogen-bond acceptors (Lipinski definition) is 4. The molecule has 2 rings (SSSR count). The van der Waals surface area contributed by atoms with Crippen molar-refractivity contribution >= 4 is 29.5 Å². The van der Waals surface area contributed by atoms with Gasteiger partial charge in [0.25, 0.3) is 0 Å². The number of hydrogen-bond donors (Lipinski definition) is 1. The topological polar surface area (TPSA) is 67.9 Å². The maximum Gasteiger partial charge on any atom is 0.410 e. The molecule has 5 nitrogen and oxygen atoms in total. The zero-order chi connectivity index (χ0) is 17.9. The molecular weight excluding hydrogens is 322 g/mol. The third-order valence-electron chi connectivity index (χ3n) is 3.55. The van der Waals surface area contributed by atoms with Gasteiger partial charge in [-0.3, -0.25) is 4.99 Å². The van der Waals surface area contributed by atoms with Crippen molar-refractivity contribution in [2.45, 2.75) is 39.3 Å². The Labute approximate surface area is 148 Å². The average molecular weight is 345 g/mol. The molecule has 0 saturated carbocycles. The van der Waals surface area contributed by atoms with E-state index in [0.717, 1.165) is 17.5 Å². The fraction of sp³-hybridized carbons (Fsp3) is 0.389. The highest BCUT2D eigenvalue weighted by Gasteiger charge is 2.25. The van der Waals surface area contributed by atoms with Gasteiger partial charge in [0.1, 0.15) is 10.6 Å². The molecule has 0 fully saturated rings. The van der Waals surface area contributed by atoms with Gasteiger partial charge < -0.3 is 15.4 Å². The van der Waals surface area contributed by atoms with E-state index in [9.17, 15) is 4.79 Å². The molecule has 0 atom stereocenters. The molecule has 0 saturated heterocycles.